The molecule has 1 aromatic rings. The maximum atomic E-state index is 4.34. The van der Waals surface area contributed by atoms with E-state index in [1.165, 1.54) is 24.8 Å². The van der Waals surface area contributed by atoms with Crippen LogP contribution in [0.3, 0.4) is 0 Å². The van der Waals surface area contributed by atoms with E-state index in [1.807, 2.05) is 17.9 Å². The molecule has 1 aliphatic heterocycles. The summed E-state index contributed by atoms with van der Waals surface area (Å²) in [5, 5.41) is 8.18. The molecule has 1 N–H and O–H groups in total. The maximum Gasteiger partial charge on any atom is 0.0534 e. The van der Waals surface area contributed by atoms with Gasteiger partial charge in [-0.05, 0) is 31.6 Å². The molecule has 0 bridgehead atoms. The summed E-state index contributed by atoms with van der Waals surface area (Å²) in [4.78, 5) is 2.73. The molecule has 1 aromatic heterocycles. The fourth-order valence-corrected chi connectivity index (χ4v) is 3.75. The van der Waals surface area contributed by atoms with E-state index >= 15 is 0 Å². The molecule has 3 atom stereocenters. The predicted molar refractivity (Wildman–Crippen MR) is 86.0 cm³/mol. The van der Waals surface area contributed by atoms with Crippen molar-refractivity contribution >= 4 is 0 Å². The Morgan fingerprint density at radius 2 is 2.24 bits per heavy atom. The smallest absolute Gasteiger partial charge is 0.0534 e. The lowest BCUT2D eigenvalue weighted by Crippen LogP contribution is -2.65. The van der Waals surface area contributed by atoms with Gasteiger partial charge in [0, 0.05) is 50.0 Å². The first-order chi connectivity index (χ1) is 10.0. The van der Waals surface area contributed by atoms with Gasteiger partial charge >= 0.3 is 0 Å². The molecular weight excluding hydrogens is 260 g/mol. The number of nitrogens with one attached hydrogen (secondary N) is 1. The van der Waals surface area contributed by atoms with Gasteiger partial charge in [0.25, 0.3) is 0 Å². The van der Waals surface area contributed by atoms with E-state index in [2.05, 4.69) is 42.3 Å². The highest BCUT2D eigenvalue weighted by Crippen LogP contribution is 2.44. The average molecular weight is 290 g/mol. The summed E-state index contributed by atoms with van der Waals surface area (Å²) in [5.41, 5.74) is 1.66. The van der Waals surface area contributed by atoms with Gasteiger partial charge in [0.05, 0.1) is 6.20 Å². The topological polar surface area (TPSA) is 33.1 Å². The summed E-state index contributed by atoms with van der Waals surface area (Å²) in [5.74, 6) is 1.62. The molecule has 3 unspecified atom stereocenters. The summed E-state index contributed by atoms with van der Waals surface area (Å²) >= 11 is 0. The highest BCUT2D eigenvalue weighted by molar-refractivity contribution is 5.10. The molecule has 0 spiro atoms. The predicted octanol–water partition coefficient (Wildman–Crippen LogP) is 2.41. The van der Waals surface area contributed by atoms with Crippen molar-refractivity contribution in [3.8, 4) is 0 Å². The fraction of sp³-hybridized carbons (Fsp3) is 0.824. The Kier molecular flexibility index (Phi) is 4.10. The first kappa shape index (κ1) is 15.0. The first-order valence-electron chi connectivity index (χ1n) is 8.49. The molecule has 2 fully saturated rings. The molecule has 1 saturated carbocycles. The van der Waals surface area contributed by atoms with Gasteiger partial charge in [-0.3, -0.25) is 9.58 Å². The van der Waals surface area contributed by atoms with Gasteiger partial charge in [-0.25, -0.2) is 0 Å². The minimum Gasteiger partial charge on any atom is -0.311 e. The molecular formula is C17H30N4. The number of aryl methyl sites for hydroxylation is 1. The van der Waals surface area contributed by atoms with Crippen LogP contribution in [-0.2, 0) is 13.6 Å². The summed E-state index contributed by atoms with van der Waals surface area (Å²) in [6, 6.07) is 0.624. The van der Waals surface area contributed by atoms with Crippen LogP contribution in [-0.4, -0.2) is 39.4 Å². The zero-order valence-corrected chi connectivity index (χ0v) is 14.0. The Hall–Kier alpha value is -0.870. The molecule has 4 heteroatoms. The van der Waals surface area contributed by atoms with E-state index in [1.54, 1.807) is 0 Å². The van der Waals surface area contributed by atoms with Crippen LogP contribution < -0.4 is 5.32 Å². The van der Waals surface area contributed by atoms with Gasteiger partial charge in [0.1, 0.15) is 0 Å². The third-order valence-corrected chi connectivity index (χ3v) is 5.78. The van der Waals surface area contributed by atoms with Crippen molar-refractivity contribution in [1.29, 1.82) is 0 Å². The van der Waals surface area contributed by atoms with E-state index in [0.717, 1.165) is 31.5 Å². The summed E-state index contributed by atoms with van der Waals surface area (Å²) in [6.45, 7) is 10.5. The van der Waals surface area contributed by atoms with Crippen LogP contribution in [0.5, 0.6) is 0 Å². The molecule has 2 aliphatic rings. The number of hydrogen-bond acceptors (Lipinski definition) is 3. The summed E-state index contributed by atoms with van der Waals surface area (Å²) in [7, 11) is 2.00. The Bertz CT molecular complexity index is 479. The van der Waals surface area contributed by atoms with Crippen molar-refractivity contribution in [2.24, 2.45) is 18.9 Å². The molecule has 0 radical (unpaired) electrons. The van der Waals surface area contributed by atoms with Crippen LogP contribution in [0.1, 0.15) is 45.6 Å². The minimum absolute atomic E-state index is 0.319. The highest BCUT2D eigenvalue weighted by atomic mass is 15.3. The number of piperazine rings is 1. The third kappa shape index (κ3) is 3.02. The van der Waals surface area contributed by atoms with Crippen molar-refractivity contribution in [3.63, 3.8) is 0 Å². The van der Waals surface area contributed by atoms with Crippen LogP contribution in [0.15, 0.2) is 12.4 Å². The second-order valence-electron chi connectivity index (χ2n) is 7.41. The molecule has 118 valence electrons. The van der Waals surface area contributed by atoms with Crippen LogP contribution in [0, 0.1) is 11.8 Å². The summed E-state index contributed by atoms with van der Waals surface area (Å²) < 4.78 is 1.91. The molecule has 0 amide bonds. The molecule has 4 nitrogen and oxygen atoms in total. The maximum absolute atomic E-state index is 4.34. The van der Waals surface area contributed by atoms with E-state index < -0.39 is 0 Å². The van der Waals surface area contributed by atoms with Crippen LogP contribution >= 0.6 is 0 Å². The fourth-order valence-electron chi connectivity index (χ4n) is 3.75. The number of rotatable bonds is 5. The SMILES string of the molecule is CCC(C)C1CN(Cc2cnn(C)c2)C(C)(C2CC2)CN1. The zero-order valence-electron chi connectivity index (χ0n) is 14.0. The number of aromatic nitrogens is 2. The van der Waals surface area contributed by atoms with Crippen molar-refractivity contribution in [3.05, 3.63) is 18.0 Å². The number of nitrogens with zero attached hydrogens (tertiary/aromatic N) is 3. The van der Waals surface area contributed by atoms with Gasteiger partial charge in [0.15, 0.2) is 0 Å². The lowest BCUT2D eigenvalue weighted by atomic mass is 9.86. The lowest BCUT2D eigenvalue weighted by Gasteiger charge is -2.50. The summed E-state index contributed by atoms with van der Waals surface area (Å²) in [6.07, 6.45) is 8.23. The minimum atomic E-state index is 0.319. The van der Waals surface area contributed by atoms with E-state index in [-0.39, 0.29) is 0 Å². The third-order valence-electron chi connectivity index (χ3n) is 5.78. The van der Waals surface area contributed by atoms with Gasteiger partial charge in [-0.2, -0.15) is 5.10 Å². The first-order valence-corrected chi connectivity index (χ1v) is 8.49. The van der Waals surface area contributed by atoms with Gasteiger partial charge in [0.2, 0.25) is 0 Å². The van der Waals surface area contributed by atoms with Gasteiger partial charge in [-0.1, -0.05) is 20.3 Å². The average Bonchev–Trinajstić information content (AvgIpc) is 3.25. The Labute approximate surface area is 128 Å². The van der Waals surface area contributed by atoms with E-state index in [0.29, 0.717) is 11.6 Å². The molecule has 3 rings (SSSR count). The monoisotopic (exact) mass is 290 g/mol. The highest BCUT2D eigenvalue weighted by Gasteiger charge is 2.48. The quantitative estimate of drug-likeness (QED) is 0.904. The molecule has 1 saturated heterocycles. The van der Waals surface area contributed by atoms with Gasteiger partial charge in [-0.15, -0.1) is 0 Å². The van der Waals surface area contributed by atoms with E-state index in [9.17, 15) is 0 Å². The van der Waals surface area contributed by atoms with Crippen LogP contribution in [0.25, 0.3) is 0 Å². The normalized spacial score (nSPS) is 32.3. The van der Waals surface area contributed by atoms with Crippen molar-refractivity contribution in [2.75, 3.05) is 13.1 Å². The van der Waals surface area contributed by atoms with Gasteiger partial charge < -0.3 is 5.32 Å². The van der Waals surface area contributed by atoms with Crippen molar-refractivity contribution < 1.29 is 0 Å². The molecule has 21 heavy (non-hydrogen) atoms. The Morgan fingerprint density at radius 1 is 1.48 bits per heavy atom. The second kappa shape index (κ2) is 5.73. The lowest BCUT2D eigenvalue weighted by molar-refractivity contribution is 0.0166. The zero-order chi connectivity index (χ0) is 15.0. The molecule has 2 heterocycles. The Balaban J connectivity index is 1.76. The van der Waals surface area contributed by atoms with E-state index in [4.69, 9.17) is 0 Å². The largest absolute Gasteiger partial charge is 0.311 e. The standard InChI is InChI=1S/C17H30N4/c1-5-13(2)16-11-21(10-14-8-19-20(4)9-14)17(3,12-18-16)15-6-7-15/h8-9,13,15-16,18H,5-7,10-12H2,1-4H3. The van der Waals surface area contributed by atoms with Crippen LogP contribution in [0.4, 0.5) is 0 Å². The van der Waals surface area contributed by atoms with Crippen molar-refractivity contribution in [1.82, 2.24) is 20.0 Å². The Morgan fingerprint density at radius 3 is 2.81 bits per heavy atom. The molecule has 1 aliphatic carbocycles. The molecule has 0 aromatic carbocycles. The van der Waals surface area contributed by atoms with Crippen LogP contribution in [0.2, 0.25) is 0 Å². The number of hydrogen-bond donors (Lipinski definition) is 1. The van der Waals surface area contributed by atoms with Crippen molar-refractivity contribution in [2.45, 2.75) is 58.2 Å². The second-order valence-corrected chi connectivity index (χ2v) is 7.41.